The SMILES string of the molecule is COc1ccc(Sc2ccc(Oc3ccc(-c4ccc(Oc5ccc(S(=O)(=O)c6ccc(Oc7ccc(-c8ccc(C)cc8)cc7)cc6)cc5)cc4)cc3CN=[N+]=[N-])cc2)cc1. The van der Waals surface area contributed by atoms with Gasteiger partial charge in [-0.15, -0.1) is 0 Å². The fraction of sp³-hybridized carbons (Fsp3) is 0.0588. The fourth-order valence-electron chi connectivity index (χ4n) is 6.53. The minimum atomic E-state index is -3.79. The van der Waals surface area contributed by atoms with E-state index in [4.69, 9.17) is 24.5 Å². The minimum Gasteiger partial charge on any atom is -0.497 e. The number of aryl methyl sites for hydroxylation is 1. The van der Waals surface area contributed by atoms with Crippen molar-refractivity contribution in [3.63, 3.8) is 0 Å². The molecule has 0 amide bonds. The number of ether oxygens (including phenoxy) is 4. The first-order valence-electron chi connectivity index (χ1n) is 19.5. The topological polar surface area (TPSA) is 120 Å². The third-order valence-electron chi connectivity index (χ3n) is 9.88. The van der Waals surface area contributed by atoms with Gasteiger partial charge < -0.3 is 18.9 Å². The standard InChI is InChI=1S/C51H39N3O6S2/c1-35-3-5-36(6-4-35)37-7-12-42(13-8-37)58-44-20-28-49(29-21-44)62(55,56)50-30-22-45(23-31-50)59-43-14-9-38(10-15-43)39-11-32-51(40(33-39)34-53-54-52)60-46-18-26-48(27-19-46)61-47-24-16-41(57-2)17-25-47/h3-33H,34H2,1-2H3. The Balaban J connectivity index is 0.878. The minimum absolute atomic E-state index is 0.113. The van der Waals surface area contributed by atoms with Gasteiger partial charge in [0.05, 0.1) is 23.4 Å². The number of methoxy groups -OCH3 is 1. The van der Waals surface area contributed by atoms with Gasteiger partial charge in [-0.25, -0.2) is 8.42 Å². The monoisotopic (exact) mass is 853 g/mol. The second kappa shape index (κ2) is 18.9. The van der Waals surface area contributed by atoms with Gasteiger partial charge in [-0.05, 0) is 168 Å². The van der Waals surface area contributed by atoms with Crippen molar-refractivity contribution in [3.05, 3.63) is 210 Å². The average molecular weight is 854 g/mol. The van der Waals surface area contributed by atoms with Gasteiger partial charge in [-0.3, -0.25) is 0 Å². The van der Waals surface area contributed by atoms with Gasteiger partial charge in [-0.1, -0.05) is 77.0 Å². The first-order chi connectivity index (χ1) is 30.2. The van der Waals surface area contributed by atoms with Crippen LogP contribution in [0.5, 0.6) is 40.2 Å². The van der Waals surface area contributed by atoms with Crippen LogP contribution in [0, 0.1) is 6.92 Å². The molecule has 0 aliphatic carbocycles. The summed E-state index contributed by atoms with van der Waals surface area (Å²) >= 11 is 1.64. The number of hydrogen-bond donors (Lipinski definition) is 0. The Labute approximate surface area is 364 Å². The highest BCUT2D eigenvalue weighted by atomic mass is 32.2. The summed E-state index contributed by atoms with van der Waals surface area (Å²) < 4.78 is 50.6. The van der Waals surface area contributed by atoms with Crippen molar-refractivity contribution in [2.24, 2.45) is 5.11 Å². The van der Waals surface area contributed by atoms with E-state index in [0.717, 1.165) is 43.4 Å². The molecular weight excluding hydrogens is 815 g/mol. The van der Waals surface area contributed by atoms with E-state index in [0.29, 0.717) is 34.5 Å². The maximum absolute atomic E-state index is 13.5. The van der Waals surface area contributed by atoms with Crippen molar-refractivity contribution < 1.29 is 27.4 Å². The fourth-order valence-corrected chi connectivity index (χ4v) is 8.61. The molecule has 0 aliphatic rings. The summed E-state index contributed by atoms with van der Waals surface area (Å²) in [6, 6.07) is 57.8. The summed E-state index contributed by atoms with van der Waals surface area (Å²) in [5, 5.41) is 3.81. The van der Waals surface area contributed by atoms with Gasteiger partial charge in [0.2, 0.25) is 9.84 Å². The summed E-state index contributed by atoms with van der Waals surface area (Å²) in [4.78, 5) is 5.41. The number of rotatable bonds is 15. The lowest BCUT2D eigenvalue weighted by atomic mass is 10.0. The largest absolute Gasteiger partial charge is 0.497 e. The van der Waals surface area contributed by atoms with Crippen molar-refractivity contribution in [3.8, 4) is 62.5 Å². The van der Waals surface area contributed by atoms with E-state index in [-0.39, 0.29) is 16.3 Å². The molecule has 8 aromatic carbocycles. The molecule has 0 heterocycles. The van der Waals surface area contributed by atoms with Gasteiger partial charge in [0.1, 0.15) is 40.2 Å². The Hall–Kier alpha value is -7.43. The van der Waals surface area contributed by atoms with Crippen molar-refractivity contribution in [2.45, 2.75) is 33.1 Å². The first kappa shape index (κ1) is 41.3. The van der Waals surface area contributed by atoms with Gasteiger partial charge in [0.25, 0.3) is 0 Å². The van der Waals surface area contributed by atoms with Crippen LogP contribution in [0.25, 0.3) is 32.7 Å². The Kier molecular flexibility index (Phi) is 12.6. The molecule has 0 unspecified atom stereocenters. The maximum atomic E-state index is 13.5. The summed E-state index contributed by atoms with van der Waals surface area (Å²) in [7, 11) is -2.14. The molecule has 11 heteroatoms. The second-order valence-electron chi connectivity index (χ2n) is 14.1. The number of nitrogens with zero attached hydrogens (tertiary/aromatic N) is 3. The summed E-state index contributed by atoms with van der Waals surface area (Å²) in [6.07, 6.45) is 0. The summed E-state index contributed by atoms with van der Waals surface area (Å²) in [5.74, 6) is 4.29. The number of hydrogen-bond acceptors (Lipinski definition) is 8. The lowest BCUT2D eigenvalue weighted by Gasteiger charge is -2.13. The van der Waals surface area contributed by atoms with Crippen molar-refractivity contribution >= 4 is 21.6 Å². The number of benzene rings is 8. The Morgan fingerprint density at radius 1 is 0.500 bits per heavy atom. The van der Waals surface area contributed by atoms with Crippen LogP contribution in [0.15, 0.2) is 213 Å². The predicted octanol–water partition coefficient (Wildman–Crippen LogP) is 14.5. The van der Waals surface area contributed by atoms with Gasteiger partial charge >= 0.3 is 0 Å². The summed E-state index contributed by atoms with van der Waals surface area (Å²) in [6.45, 7) is 2.17. The van der Waals surface area contributed by atoms with E-state index in [1.807, 2.05) is 115 Å². The van der Waals surface area contributed by atoms with Crippen LogP contribution in [-0.4, -0.2) is 15.5 Å². The van der Waals surface area contributed by atoms with E-state index < -0.39 is 9.84 Å². The van der Waals surface area contributed by atoms with Crippen LogP contribution >= 0.6 is 11.8 Å². The molecule has 0 saturated heterocycles. The third kappa shape index (κ3) is 10.1. The zero-order chi connectivity index (χ0) is 42.9. The highest BCUT2D eigenvalue weighted by molar-refractivity contribution is 7.99. The molecule has 0 saturated carbocycles. The van der Waals surface area contributed by atoms with E-state index in [1.54, 1.807) is 55.3 Å². The molecule has 0 atom stereocenters. The zero-order valence-electron chi connectivity index (χ0n) is 33.7. The normalized spacial score (nSPS) is 11.0. The van der Waals surface area contributed by atoms with Crippen molar-refractivity contribution in [2.75, 3.05) is 7.11 Å². The first-order valence-corrected chi connectivity index (χ1v) is 21.8. The van der Waals surface area contributed by atoms with Crippen molar-refractivity contribution in [1.29, 1.82) is 0 Å². The van der Waals surface area contributed by atoms with E-state index in [9.17, 15) is 8.42 Å². The third-order valence-corrected chi connectivity index (χ3v) is 12.7. The van der Waals surface area contributed by atoms with E-state index in [1.165, 1.54) is 17.7 Å². The highest BCUT2D eigenvalue weighted by Gasteiger charge is 2.18. The Morgan fingerprint density at radius 3 is 1.35 bits per heavy atom. The molecule has 0 aromatic heterocycles. The maximum Gasteiger partial charge on any atom is 0.206 e. The molecule has 9 nitrogen and oxygen atoms in total. The van der Waals surface area contributed by atoms with Gasteiger partial charge in [0.15, 0.2) is 0 Å². The van der Waals surface area contributed by atoms with Crippen LogP contribution < -0.4 is 18.9 Å². The molecule has 0 N–H and O–H groups in total. The quantitative estimate of drug-likeness (QED) is 0.0572. The molecule has 0 bridgehead atoms. The molecule has 0 spiro atoms. The zero-order valence-corrected chi connectivity index (χ0v) is 35.3. The van der Waals surface area contributed by atoms with E-state index >= 15 is 0 Å². The highest BCUT2D eigenvalue weighted by Crippen LogP contribution is 2.35. The lowest BCUT2D eigenvalue weighted by Crippen LogP contribution is -2.01. The average Bonchev–Trinajstić information content (AvgIpc) is 3.31. The Morgan fingerprint density at radius 2 is 0.887 bits per heavy atom. The van der Waals surface area contributed by atoms with Crippen LogP contribution in [0.1, 0.15) is 11.1 Å². The lowest BCUT2D eigenvalue weighted by molar-refractivity contribution is 0.414. The van der Waals surface area contributed by atoms with E-state index in [2.05, 4.69) is 41.2 Å². The number of azide groups is 1. The van der Waals surface area contributed by atoms with Crippen molar-refractivity contribution in [1.82, 2.24) is 0 Å². The molecular formula is C51H39N3O6S2. The van der Waals surface area contributed by atoms with Gasteiger partial charge in [0, 0.05) is 20.3 Å². The van der Waals surface area contributed by atoms with Crippen LogP contribution in [-0.2, 0) is 16.4 Å². The number of sulfone groups is 1. The molecule has 306 valence electrons. The molecule has 62 heavy (non-hydrogen) atoms. The molecule has 0 fully saturated rings. The van der Waals surface area contributed by atoms with Gasteiger partial charge in [-0.2, -0.15) is 0 Å². The predicted molar refractivity (Wildman–Crippen MR) is 243 cm³/mol. The second-order valence-corrected chi connectivity index (χ2v) is 17.2. The summed E-state index contributed by atoms with van der Waals surface area (Å²) in [5.41, 5.74) is 15.0. The van der Waals surface area contributed by atoms with Crippen LogP contribution in [0.2, 0.25) is 0 Å². The smallest absolute Gasteiger partial charge is 0.206 e. The molecule has 8 rings (SSSR count). The Bertz CT molecular complexity index is 2940. The molecule has 0 aliphatic heterocycles. The molecule has 0 radical (unpaired) electrons. The van der Waals surface area contributed by atoms with Crippen LogP contribution in [0.3, 0.4) is 0 Å². The van der Waals surface area contributed by atoms with Crippen LogP contribution in [0.4, 0.5) is 0 Å². The molecule has 8 aromatic rings.